The van der Waals surface area contributed by atoms with E-state index in [0.29, 0.717) is 17.2 Å². The van der Waals surface area contributed by atoms with Crippen LogP contribution in [-0.2, 0) is 14.8 Å². The maximum atomic E-state index is 12.4. The van der Waals surface area contributed by atoms with Gasteiger partial charge in [-0.3, -0.25) is 4.79 Å². The molecule has 1 saturated carbocycles. The average molecular weight is 423 g/mol. The van der Waals surface area contributed by atoms with Gasteiger partial charge in [-0.25, -0.2) is 8.42 Å². The molecule has 9 heteroatoms. The van der Waals surface area contributed by atoms with Crippen molar-refractivity contribution < 1.29 is 22.7 Å². The molecule has 1 spiro atoms. The fourth-order valence-corrected chi connectivity index (χ4v) is 5.85. The summed E-state index contributed by atoms with van der Waals surface area (Å²) < 4.78 is 38.2. The number of thiophene rings is 1. The number of nitrogens with one attached hydrogen (secondary N) is 1. The Labute approximate surface area is 168 Å². The van der Waals surface area contributed by atoms with Crippen LogP contribution in [0.3, 0.4) is 0 Å². The molecule has 0 atom stereocenters. The normalized spacial score (nSPS) is 17.8. The number of benzene rings is 1. The Morgan fingerprint density at radius 3 is 2.64 bits per heavy atom. The minimum Gasteiger partial charge on any atom is -0.448 e. The summed E-state index contributed by atoms with van der Waals surface area (Å²) in [6.45, 7) is -0.279. The minimum atomic E-state index is -3.66. The van der Waals surface area contributed by atoms with Crippen molar-refractivity contribution in [2.45, 2.75) is 42.1 Å². The first kappa shape index (κ1) is 19.2. The van der Waals surface area contributed by atoms with E-state index in [0.717, 1.165) is 41.3 Å². The first-order valence-corrected chi connectivity index (χ1v) is 11.5. The highest BCUT2D eigenvalue weighted by Gasteiger charge is 2.42. The fraction of sp³-hybridized carbons (Fsp3) is 0.421. The number of anilines is 1. The van der Waals surface area contributed by atoms with Gasteiger partial charge in [-0.1, -0.05) is 12.5 Å². The summed E-state index contributed by atoms with van der Waals surface area (Å²) in [7, 11) is -2.27. The minimum absolute atomic E-state index is 0.212. The Hall–Kier alpha value is -2.10. The van der Waals surface area contributed by atoms with Crippen LogP contribution in [0.2, 0.25) is 0 Å². The van der Waals surface area contributed by atoms with E-state index in [1.807, 2.05) is 0 Å². The smallest absolute Gasteiger partial charge is 0.252 e. The van der Waals surface area contributed by atoms with Gasteiger partial charge in [0.2, 0.25) is 5.91 Å². The van der Waals surface area contributed by atoms with Crippen LogP contribution in [0.4, 0.5) is 5.69 Å². The first-order valence-electron chi connectivity index (χ1n) is 9.20. The second-order valence-electron chi connectivity index (χ2n) is 7.08. The van der Waals surface area contributed by atoms with Gasteiger partial charge in [0.1, 0.15) is 4.21 Å². The maximum Gasteiger partial charge on any atom is 0.252 e. The second-order valence-corrected chi connectivity index (χ2v) is 10.3. The Bertz CT molecular complexity index is 966. The lowest BCUT2D eigenvalue weighted by Gasteiger charge is -2.31. The lowest BCUT2D eigenvalue weighted by Crippen LogP contribution is -2.40. The zero-order valence-corrected chi connectivity index (χ0v) is 17.1. The zero-order valence-electron chi connectivity index (χ0n) is 15.5. The van der Waals surface area contributed by atoms with E-state index in [4.69, 9.17) is 9.47 Å². The highest BCUT2D eigenvalue weighted by Crippen LogP contribution is 2.46. The van der Waals surface area contributed by atoms with E-state index in [-0.39, 0.29) is 10.8 Å². The zero-order chi connectivity index (χ0) is 19.8. The first-order chi connectivity index (χ1) is 13.4. The van der Waals surface area contributed by atoms with Gasteiger partial charge < -0.3 is 14.8 Å². The lowest BCUT2D eigenvalue weighted by molar-refractivity contribution is -0.116. The van der Waals surface area contributed by atoms with Crippen LogP contribution in [-0.4, -0.2) is 38.0 Å². The lowest BCUT2D eigenvalue weighted by atomic mass is 9.94. The van der Waals surface area contributed by atoms with Crippen molar-refractivity contribution in [3.63, 3.8) is 0 Å². The number of ether oxygens (including phenoxy) is 2. The number of fused-ring (bicyclic) bond motifs is 1. The van der Waals surface area contributed by atoms with E-state index in [1.165, 1.54) is 19.5 Å². The van der Waals surface area contributed by atoms with E-state index in [2.05, 4.69) is 5.32 Å². The number of hydrogen-bond donors (Lipinski definition) is 1. The number of likely N-dealkylation sites (N-methyl/N-ethyl adjacent to an activating group) is 1. The van der Waals surface area contributed by atoms with Crippen LogP contribution < -0.4 is 14.8 Å². The summed E-state index contributed by atoms with van der Waals surface area (Å²) in [5.74, 6) is 0.295. The number of rotatable bonds is 5. The van der Waals surface area contributed by atoms with Gasteiger partial charge in [-0.05, 0) is 36.4 Å². The van der Waals surface area contributed by atoms with Gasteiger partial charge in [-0.15, -0.1) is 11.3 Å². The predicted octanol–water partition coefficient (Wildman–Crippen LogP) is 3.44. The third-order valence-corrected chi connectivity index (χ3v) is 8.14. The number of amides is 1. The molecule has 2 heterocycles. The standard InChI is InChI=1S/C19H22N2O5S2/c1-21(28(23,24)18-6-5-11-27-18)13-17(22)20-14-7-8-15-16(12-14)26-19(25-15)9-3-2-4-10-19/h5-8,11-12H,2-4,9-10,13H2,1H3,(H,20,22). The highest BCUT2D eigenvalue weighted by atomic mass is 32.2. The van der Waals surface area contributed by atoms with Crippen molar-refractivity contribution in [1.29, 1.82) is 0 Å². The molecule has 0 saturated heterocycles. The van der Waals surface area contributed by atoms with Crippen LogP contribution >= 0.6 is 11.3 Å². The molecule has 1 aromatic carbocycles. The molecule has 1 aliphatic heterocycles. The molecule has 2 aliphatic rings. The van der Waals surface area contributed by atoms with Gasteiger partial charge in [0, 0.05) is 31.6 Å². The average Bonchev–Trinajstić information content (AvgIpc) is 3.30. The van der Waals surface area contributed by atoms with Crippen molar-refractivity contribution in [3.8, 4) is 11.5 Å². The van der Waals surface area contributed by atoms with Crippen LogP contribution in [0.25, 0.3) is 0 Å². The van der Waals surface area contributed by atoms with Crippen molar-refractivity contribution in [2.75, 3.05) is 18.9 Å². The molecule has 1 aromatic heterocycles. The molecule has 2 aromatic rings. The van der Waals surface area contributed by atoms with Crippen molar-refractivity contribution in [2.24, 2.45) is 0 Å². The molecule has 1 aliphatic carbocycles. The molecule has 28 heavy (non-hydrogen) atoms. The quantitative estimate of drug-likeness (QED) is 0.798. The molecular weight excluding hydrogens is 400 g/mol. The summed E-state index contributed by atoms with van der Waals surface area (Å²) in [5, 5.41) is 4.42. The van der Waals surface area contributed by atoms with Crippen LogP contribution in [0.1, 0.15) is 32.1 Å². The van der Waals surface area contributed by atoms with Gasteiger partial charge in [-0.2, -0.15) is 4.31 Å². The Kier molecular flexibility index (Phi) is 5.07. The molecule has 150 valence electrons. The van der Waals surface area contributed by atoms with Gasteiger partial charge >= 0.3 is 0 Å². The monoisotopic (exact) mass is 422 g/mol. The van der Waals surface area contributed by atoms with Crippen LogP contribution in [0.5, 0.6) is 11.5 Å². The molecule has 1 fully saturated rings. The van der Waals surface area contributed by atoms with Gasteiger partial charge in [0.25, 0.3) is 15.8 Å². The Morgan fingerprint density at radius 1 is 1.18 bits per heavy atom. The molecular formula is C19H22N2O5S2. The predicted molar refractivity (Wildman–Crippen MR) is 106 cm³/mol. The molecule has 0 radical (unpaired) electrons. The topological polar surface area (TPSA) is 84.9 Å². The molecule has 7 nitrogen and oxygen atoms in total. The summed E-state index contributed by atoms with van der Waals surface area (Å²) in [6, 6.07) is 8.42. The number of sulfonamides is 1. The number of hydrogen-bond acceptors (Lipinski definition) is 6. The molecule has 1 N–H and O–H groups in total. The van der Waals surface area contributed by atoms with E-state index < -0.39 is 21.7 Å². The molecule has 0 bridgehead atoms. The van der Waals surface area contributed by atoms with E-state index in [9.17, 15) is 13.2 Å². The Balaban J connectivity index is 1.40. The number of nitrogens with zero attached hydrogens (tertiary/aromatic N) is 1. The summed E-state index contributed by atoms with van der Waals surface area (Å²) >= 11 is 1.12. The number of carbonyl (C=O) groups is 1. The second kappa shape index (κ2) is 7.38. The largest absolute Gasteiger partial charge is 0.448 e. The fourth-order valence-electron chi connectivity index (χ4n) is 3.52. The van der Waals surface area contributed by atoms with E-state index in [1.54, 1.807) is 29.6 Å². The summed E-state index contributed by atoms with van der Waals surface area (Å²) in [4.78, 5) is 12.3. The number of carbonyl (C=O) groups excluding carboxylic acids is 1. The van der Waals surface area contributed by atoms with E-state index >= 15 is 0 Å². The molecule has 4 rings (SSSR count). The maximum absolute atomic E-state index is 12.4. The van der Waals surface area contributed by atoms with Crippen molar-refractivity contribution >= 4 is 33.0 Å². The van der Waals surface area contributed by atoms with Crippen molar-refractivity contribution in [3.05, 3.63) is 35.7 Å². The van der Waals surface area contributed by atoms with Crippen LogP contribution in [0, 0.1) is 0 Å². The SMILES string of the molecule is CN(CC(=O)Nc1ccc2c(c1)OC1(CCCCC1)O2)S(=O)(=O)c1cccs1. The third-order valence-electron chi connectivity index (χ3n) is 4.96. The summed E-state index contributed by atoms with van der Waals surface area (Å²) in [5.41, 5.74) is 0.544. The molecule has 1 amide bonds. The van der Waals surface area contributed by atoms with Crippen molar-refractivity contribution in [1.82, 2.24) is 4.31 Å². The van der Waals surface area contributed by atoms with Gasteiger partial charge in [0.05, 0.1) is 6.54 Å². The van der Waals surface area contributed by atoms with Gasteiger partial charge in [0.15, 0.2) is 11.5 Å². The molecule has 0 unspecified atom stereocenters. The third kappa shape index (κ3) is 3.74. The highest BCUT2D eigenvalue weighted by molar-refractivity contribution is 7.91. The van der Waals surface area contributed by atoms with Crippen LogP contribution in [0.15, 0.2) is 39.9 Å². The summed E-state index contributed by atoms with van der Waals surface area (Å²) in [6.07, 6.45) is 5.04. The Morgan fingerprint density at radius 2 is 1.93 bits per heavy atom.